The second kappa shape index (κ2) is 7.56. The van der Waals surface area contributed by atoms with Crippen LogP contribution in [0.15, 0.2) is 58.3 Å². The van der Waals surface area contributed by atoms with Gasteiger partial charge in [0.05, 0.1) is 16.5 Å². The van der Waals surface area contributed by atoms with E-state index < -0.39 is 27.1 Å². The van der Waals surface area contributed by atoms with Gasteiger partial charge in [-0.15, -0.1) is 0 Å². The molecule has 0 atom stereocenters. The summed E-state index contributed by atoms with van der Waals surface area (Å²) in [5, 5.41) is 3.42. The van der Waals surface area contributed by atoms with Gasteiger partial charge in [-0.3, -0.25) is 14.1 Å². The van der Waals surface area contributed by atoms with E-state index in [1.807, 2.05) is 0 Å². The standard InChI is InChI=1S/C17H14ClFN4O4S/c1-22-16(24)9-20-23(17(22)25)15-8-14(12(18)7-13(15)19)21-28(26,27)10-11-5-3-2-4-6-11/h2-9,21H,10H2,1H3. The molecule has 0 amide bonds. The molecule has 1 aromatic heterocycles. The van der Waals surface area contributed by atoms with E-state index in [2.05, 4.69) is 9.82 Å². The minimum absolute atomic E-state index is 0.128. The molecule has 0 radical (unpaired) electrons. The molecule has 0 saturated heterocycles. The van der Waals surface area contributed by atoms with Crippen molar-refractivity contribution in [3.05, 3.63) is 85.9 Å². The summed E-state index contributed by atoms with van der Waals surface area (Å²) in [7, 11) is -2.66. The van der Waals surface area contributed by atoms with Gasteiger partial charge in [-0.25, -0.2) is 17.6 Å². The van der Waals surface area contributed by atoms with Crippen LogP contribution in [0.5, 0.6) is 0 Å². The number of nitrogens with zero attached hydrogens (tertiary/aromatic N) is 3. The Morgan fingerprint density at radius 3 is 2.54 bits per heavy atom. The lowest BCUT2D eigenvalue weighted by Crippen LogP contribution is -2.38. The zero-order valence-electron chi connectivity index (χ0n) is 14.5. The Labute approximate surface area is 163 Å². The van der Waals surface area contributed by atoms with Crippen LogP contribution >= 0.6 is 11.6 Å². The number of rotatable bonds is 5. The molecule has 2 aromatic carbocycles. The zero-order chi connectivity index (χ0) is 20.5. The Bertz CT molecular complexity index is 1260. The molecular formula is C17H14ClFN4O4S. The Balaban J connectivity index is 2.02. The number of benzene rings is 2. The van der Waals surface area contributed by atoms with Crippen LogP contribution in [0.25, 0.3) is 5.69 Å². The van der Waals surface area contributed by atoms with Crippen LogP contribution in [0, 0.1) is 5.82 Å². The lowest BCUT2D eigenvalue weighted by molar-refractivity contribution is 0.585. The lowest BCUT2D eigenvalue weighted by atomic mass is 10.2. The van der Waals surface area contributed by atoms with E-state index >= 15 is 0 Å². The van der Waals surface area contributed by atoms with Gasteiger partial charge in [0.25, 0.3) is 5.56 Å². The van der Waals surface area contributed by atoms with Crippen molar-refractivity contribution in [2.45, 2.75) is 5.75 Å². The van der Waals surface area contributed by atoms with Crippen LogP contribution in [0.2, 0.25) is 5.02 Å². The van der Waals surface area contributed by atoms with E-state index in [1.165, 1.54) is 7.05 Å². The predicted octanol–water partition coefficient (Wildman–Crippen LogP) is 1.67. The summed E-state index contributed by atoms with van der Waals surface area (Å²) in [6.07, 6.45) is 0.842. The van der Waals surface area contributed by atoms with Crippen molar-refractivity contribution in [1.29, 1.82) is 0 Å². The maximum atomic E-state index is 14.4. The predicted molar refractivity (Wildman–Crippen MR) is 103 cm³/mol. The first-order chi connectivity index (χ1) is 13.2. The first-order valence-electron chi connectivity index (χ1n) is 7.87. The monoisotopic (exact) mass is 424 g/mol. The van der Waals surface area contributed by atoms with E-state index in [0.717, 1.165) is 22.9 Å². The van der Waals surface area contributed by atoms with Crippen molar-refractivity contribution in [3.63, 3.8) is 0 Å². The quantitative estimate of drug-likeness (QED) is 0.671. The summed E-state index contributed by atoms with van der Waals surface area (Å²) in [4.78, 5) is 23.7. The Morgan fingerprint density at radius 1 is 1.18 bits per heavy atom. The molecule has 0 aliphatic heterocycles. The smallest absolute Gasteiger partial charge is 0.282 e. The molecule has 11 heteroatoms. The maximum absolute atomic E-state index is 14.4. The molecule has 1 heterocycles. The van der Waals surface area contributed by atoms with Gasteiger partial charge in [0.15, 0.2) is 5.82 Å². The minimum Gasteiger partial charge on any atom is -0.282 e. The van der Waals surface area contributed by atoms with Crippen LogP contribution in [-0.2, 0) is 22.8 Å². The average Bonchev–Trinajstić information content (AvgIpc) is 2.63. The van der Waals surface area contributed by atoms with Crippen LogP contribution in [0.3, 0.4) is 0 Å². The fourth-order valence-electron chi connectivity index (χ4n) is 2.42. The average molecular weight is 425 g/mol. The first kappa shape index (κ1) is 19.8. The van der Waals surface area contributed by atoms with Crippen molar-refractivity contribution < 1.29 is 12.8 Å². The van der Waals surface area contributed by atoms with E-state index in [4.69, 9.17) is 11.6 Å². The number of nitrogens with one attached hydrogen (secondary N) is 1. The molecule has 3 rings (SSSR count). The topological polar surface area (TPSA) is 103 Å². The molecule has 0 aliphatic rings. The van der Waals surface area contributed by atoms with Gasteiger partial charge < -0.3 is 0 Å². The number of hydrogen-bond donors (Lipinski definition) is 1. The van der Waals surface area contributed by atoms with Gasteiger partial charge in [0.1, 0.15) is 11.9 Å². The minimum atomic E-state index is -3.87. The molecule has 0 fully saturated rings. The van der Waals surface area contributed by atoms with Crippen LogP contribution in [0.1, 0.15) is 5.56 Å². The molecule has 0 bridgehead atoms. The summed E-state index contributed by atoms with van der Waals surface area (Å²) < 4.78 is 42.9. The third-order valence-electron chi connectivity index (χ3n) is 3.81. The molecule has 28 heavy (non-hydrogen) atoms. The van der Waals surface area contributed by atoms with Gasteiger partial charge in [-0.05, 0) is 17.7 Å². The summed E-state index contributed by atoms with van der Waals surface area (Å²) in [5.41, 5.74) is -1.51. The number of sulfonamides is 1. The fourth-order valence-corrected chi connectivity index (χ4v) is 3.88. The lowest BCUT2D eigenvalue weighted by Gasteiger charge is -2.13. The molecule has 0 aliphatic carbocycles. The van der Waals surface area contributed by atoms with Crippen molar-refractivity contribution in [1.82, 2.24) is 14.3 Å². The van der Waals surface area contributed by atoms with Crippen LogP contribution in [-0.4, -0.2) is 22.8 Å². The van der Waals surface area contributed by atoms with E-state index in [1.54, 1.807) is 30.3 Å². The fraction of sp³-hybridized carbons (Fsp3) is 0.118. The molecule has 8 nitrogen and oxygen atoms in total. The zero-order valence-corrected chi connectivity index (χ0v) is 16.0. The second-order valence-electron chi connectivity index (χ2n) is 5.87. The summed E-state index contributed by atoms with van der Waals surface area (Å²) in [5.74, 6) is -1.24. The molecule has 0 saturated carbocycles. The Morgan fingerprint density at radius 2 is 1.86 bits per heavy atom. The molecule has 146 valence electrons. The SMILES string of the molecule is Cn1c(=O)cnn(-c2cc(NS(=O)(=O)Cc3ccccc3)c(Cl)cc2F)c1=O. The summed E-state index contributed by atoms with van der Waals surface area (Å²) >= 11 is 5.96. The van der Waals surface area contributed by atoms with Gasteiger partial charge in [0, 0.05) is 7.05 Å². The number of hydrogen-bond acceptors (Lipinski definition) is 5. The largest absolute Gasteiger partial charge is 0.352 e. The normalized spacial score (nSPS) is 11.4. The highest BCUT2D eigenvalue weighted by Gasteiger charge is 2.18. The number of aromatic nitrogens is 3. The molecule has 1 N–H and O–H groups in total. The Kier molecular flexibility index (Phi) is 5.34. The van der Waals surface area contributed by atoms with Crippen LogP contribution in [0.4, 0.5) is 10.1 Å². The van der Waals surface area contributed by atoms with Gasteiger partial charge in [-0.2, -0.15) is 9.78 Å². The molecule has 0 spiro atoms. The van der Waals surface area contributed by atoms with E-state index in [-0.39, 0.29) is 22.2 Å². The van der Waals surface area contributed by atoms with Gasteiger partial charge >= 0.3 is 5.69 Å². The first-order valence-corrected chi connectivity index (χ1v) is 9.90. The third-order valence-corrected chi connectivity index (χ3v) is 5.37. The van der Waals surface area contributed by atoms with Crippen molar-refractivity contribution in [3.8, 4) is 5.69 Å². The highest BCUT2D eigenvalue weighted by molar-refractivity contribution is 7.91. The van der Waals surface area contributed by atoms with E-state index in [9.17, 15) is 22.4 Å². The van der Waals surface area contributed by atoms with Crippen molar-refractivity contribution in [2.75, 3.05) is 4.72 Å². The van der Waals surface area contributed by atoms with Gasteiger partial charge in [-0.1, -0.05) is 41.9 Å². The summed E-state index contributed by atoms with van der Waals surface area (Å²) in [6, 6.07) is 10.3. The highest BCUT2D eigenvalue weighted by atomic mass is 35.5. The maximum Gasteiger partial charge on any atom is 0.352 e. The van der Waals surface area contributed by atoms with Crippen molar-refractivity contribution in [2.24, 2.45) is 7.05 Å². The van der Waals surface area contributed by atoms with E-state index in [0.29, 0.717) is 10.2 Å². The second-order valence-corrected chi connectivity index (χ2v) is 8.00. The number of anilines is 1. The van der Waals surface area contributed by atoms with Gasteiger partial charge in [0.2, 0.25) is 10.0 Å². The molecule has 3 aromatic rings. The third kappa shape index (κ3) is 4.12. The number of halogens is 2. The van der Waals surface area contributed by atoms with Crippen LogP contribution < -0.4 is 16.0 Å². The summed E-state index contributed by atoms with van der Waals surface area (Å²) in [6.45, 7) is 0. The Hall–Kier alpha value is -2.98. The molecular weight excluding hydrogens is 411 g/mol. The molecule has 0 unspecified atom stereocenters. The van der Waals surface area contributed by atoms with Crippen molar-refractivity contribution >= 4 is 27.3 Å². The highest BCUT2D eigenvalue weighted by Crippen LogP contribution is 2.28.